The van der Waals surface area contributed by atoms with Gasteiger partial charge in [-0.05, 0) is 79.4 Å². The van der Waals surface area contributed by atoms with E-state index in [1.165, 1.54) is 11.8 Å². The minimum atomic E-state index is -3.99. The second-order valence-electron chi connectivity index (χ2n) is 8.48. The van der Waals surface area contributed by atoms with Crippen LogP contribution >= 0.6 is 35.1 Å². The zero-order valence-electron chi connectivity index (χ0n) is 20.9. The normalized spacial score (nSPS) is 11.2. The van der Waals surface area contributed by atoms with Crippen LogP contribution in [-0.4, -0.2) is 27.1 Å². The Labute approximate surface area is 237 Å². The highest BCUT2D eigenvalue weighted by atomic mass is 35.5. The van der Waals surface area contributed by atoms with Gasteiger partial charge in [0, 0.05) is 20.6 Å². The topological polar surface area (TPSA) is 66.5 Å². The van der Waals surface area contributed by atoms with Crippen molar-refractivity contribution in [3.05, 3.63) is 113 Å². The Hall–Kier alpha value is -2.91. The SMILES string of the molecule is CSc1ccc(S(=O)(=O)N(CC(=O)Nc2ccccc2SCc2ccc(Cl)cc2)c2ccc(C)cc2)cc1. The predicted molar refractivity (Wildman–Crippen MR) is 160 cm³/mol. The number of sulfonamides is 1. The van der Waals surface area contributed by atoms with Crippen molar-refractivity contribution in [1.82, 2.24) is 0 Å². The summed E-state index contributed by atoms with van der Waals surface area (Å²) in [5, 5.41) is 3.60. The van der Waals surface area contributed by atoms with E-state index in [1.807, 2.05) is 73.8 Å². The highest BCUT2D eigenvalue weighted by Gasteiger charge is 2.27. The van der Waals surface area contributed by atoms with E-state index in [1.54, 1.807) is 48.2 Å². The second kappa shape index (κ2) is 12.8. The lowest BCUT2D eigenvalue weighted by molar-refractivity contribution is -0.114. The van der Waals surface area contributed by atoms with E-state index < -0.39 is 15.9 Å². The smallest absolute Gasteiger partial charge is 0.264 e. The molecule has 0 aromatic heterocycles. The summed E-state index contributed by atoms with van der Waals surface area (Å²) in [5.74, 6) is 0.259. The number of hydrogen-bond donors (Lipinski definition) is 1. The van der Waals surface area contributed by atoms with Gasteiger partial charge in [-0.1, -0.05) is 53.6 Å². The third-order valence-corrected chi connectivity index (χ3v) is 9.65. The summed E-state index contributed by atoms with van der Waals surface area (Å²) in [6, 6.07) is 28.9. The lowest BCUT2D eigenvalue weighted by Gasteiger charge is -2.24. The van der Waals surface area contributed by atoms with E-state index in [9.17, 15) is 13.2 Å². The average Bonchev–Trinajstić information content (AvgIpc) is 2.92. The molecule has 4 aromatic rings. The first kappa shape index (κ1) is 28.1. The summed E-state index contributed by atoms with van der Waals surface area (Å²) in [4.78, 5) is 15.2. The van der Waals surface area contributed by atoms with E-state index in [-0.39, 0.29) is 11.4 Å². The quantitative estimate of drug-likeness (QED) is 0.196. The minimum Gasteiger partial charge on any atom is -0.323 e. The number of hydrogen-bond acceptors (Lipinski definition) is 5. The number of para-hydroxylation sites is 1. The van der Waals surface area contributed by atoms with E-state index in [4.69, 9.17) is 11.6 Å². The first-order chi connectivity index (χ1) is 18.3. The van der Waals surface area contributed by atoms with Crippen molar-refractivity contribution in [2.75, 3.05) is 22.4 Å². The van der Waals surface area contributed by atoms with Crippen LogP contribution in [0.15, 0.2) is 112 Å². The number of aryl methyl sites for hydroxylation is 1. The van der Waals surface area contributed by atoms with Gasteiger partial charge in [-0.25, -0.2) is 8.42 Å². The van der Waals surface area contributed by atoms with Crippen molar-refractivity contribution < 1.29 is 13.2 Å². The molecule has 1 amide bonds. The van der Waals surface area contributed by atoms with Crippen LogP contribution in [0.3, 0.4) is 0 Å². The molecule has 4 aromatic carbocycles. The molecule has 0 saturated heterocycles. The molecule has 1 N–H and O–H groups in total. The molecular weight excluding hydrogens is 556 g/mol. The maximum absolute atomic E-state index is 13.7. The van der Waals surface area contributed by atoms with Crippen LogP contribution in [0, 0.1) is 6.92 Å². The van der Waals surface area contributed by atoms with Gasteiger partial charge in [0.05, 0.1) is 16.3 Å². The third-order valence-electron chi connectivity index (χ3n) is 5.73. The number of rotatable bonds is 10. The molecule has 0 aliphatic rings. The molecule has 5 nitrogen and oxygen atoms in total. The van der Waals surface area contributed by atoms with Crippen LogP contribution in [0.5, 0.6) is 0 Å². The van der Waals surface area contributed by atoms with Gasteiger partial charge in [0.15, 0.2) is 0 Å². The first-order valence-corrected chi connectivity index (χ1v) is 15.8. The lowest BCUT2D eigenvalue weighted by Crippen LogP contribution is -2.38. The van der Waals surface area contributed by atoms with Crippen LogP contribution in [0.2, 0.25) is 5.02 Å². The van der Waals surface area contributed by atoms with Crippen molar-refractivity contribution in [3.63, 3.8) is 0 Å². The Bertz CT molecular complexity index is 1490. The van der Waals surface area contributed by atoms with Crippen molar-refractivity contribution in [2.24, 2.45) is 0 Å². The van der Waals surface area contributed by atoms with Gasteiger partial charge in [-0.3, -0.25) is 9.10 Å². The zero-order chi connectivity index (χ0) is 27.1. The first-order valence-electron chi connectivity index (χ1n) is 11.8. The number of benzene rings is 4. The standard InChI is InChI=1S/C29H27ClN2O3S3/c1-21-7-13-24(14-8-21)32(38(34,35)26-17-15-25(36-2)16-18-26)19-29(33)31-27-5-3-4-6-28(27)37-20-22-9-11-23(30)12-10-22/h3-18H,19-20H2,1-2H3,(H,31,33). The molecule has 0 aliphatic heterocycles. The largest absolute Gasteiger partial charge is 0.323 e. The van der Waals surface area contributed by atoms with Gasteiger partial charge < -0.3 is 5.32 Å². The van der Waals surface area contributed by atoms with Crippen LogP contribution in [0.4, 0.5) is 11.4 Å². The molecule has 0 saturated carbocycles. The Kier molecular flexibility index (Phi) is 9.44. The molecule has 0 radical (unpaired) electrons. The number of halogens is 1. The van der Waals surface area contributed by atoms with Gasteiger partial charge in [0.2, 0.25) is 5.91 Å². The van der Waals surface area contributed by atoms with Crippen LogP contribution < -0.4 is 9.62 Å². The van der Waals surface area contributed by atoms with Gasteiger partial charge in [0.25, 0.3) is 10.0 Å². The molecule has 0 bridgehead atoms. The number of carbonyl (C=O) groups excluding carboxylic acids is 1. The van der Waals surface area contributed by atoms with Crippen molar-refractivity contribution in [1.29, 1.82) is 0 Å². The number of nitrogens with one attached hydrogen (secondary N) is 1. The number of carbonyl (C=O) groups is 1. The lowest BCUT2D eigenvalue weighted by atomic mass is 10.2. The van der Waals surface area contributed by atoms with Crippen LogP contribution in [-0.2, 0) is 20.6 Å². The van der Waals surface area contributed by atoms with Crippen LogP contribution in [0.1, 0.15) is 11.1 Å². The Morgan fingerprint density at radius 2 is 1.55 bits per heavy atom. The molecule has 0 heterocycles. The Morgan fingerprint density at radius 1 is 0.895 bits per heavy atom. The Balaban J connectivity index is 1.56. The van der Waals surface area contributed by atoms with E-state index in [0.29, 0.717) is 22.2 Å². The second-order valence-corrected chi connectivity index (χ2v) is 12.7. The van der Waals surface area contributed by atoms with E-state index in [2.05, 4.69) is 5.32 Å². The highest BCUT2D eigenvalue weighted by Crippen LogP contribution is 2.31. The summed E-state index contributed by atoms with van der Waals surface area (Å²) in [6.45, 7) is 1.56. The summed E-state index contributed by atoms with van der Waals surface area (Å²) >= 11 is 9.10. The summed E-state index contributed by atoms with van der Waals surface area (Å²) in [5.41, 5.74) is 3.14. The molecule has 38 heavy (non-hydrogen) atoms. The van der Waals surface area contributed by atoms with Crippen LogP contribution in [0.25, 0.3) is 0 Å². The molecule has 196 valence electrons. The molecular formula is C29H27ClN2O3S3. The highest BCUT2D eigenvalue weighted by molar-refractivity contribution is 7.99. The molecule has 4 rings (SSSR count). The van der Waals surface area contributed by atoms with Gasteiger partial charge in [0.1, 0.15) is 6.54 Å². The number of thioether (sulfide) groups is 2. The Morgan fingerprint density at radius 3 is 2.21 bits per heavy atom. The summed E-state index contributed by atoms with van der Waals surface area (Å²) < 4.78 is 28.5. The fourth-order valence-electron chi connectivity index (χ4n) is 3.66. The van der Waals surface area contributed by atoms with Crippen molar-refractivity contribution in [3.8, 4) is 0 Å². The number of nitrogens with zero attached hydrogens (tertiary/aromatic N) is 1. The monoisotopic (exact) mass is 582 g/mol. The van der Waals surface area contributed by atoms with Crippen molar-refractivity contribution >= 4 is 62.4 Å². The van der Waals surface area contributed by atoms with Crippen molar-refractivity contribution in [2.45, 2.75) is 27.4 Å². The number of anilines is 2. The zero-order valence-corrected chi connectivity index (χ0v) is 24.1. The maximum Gasteiger partial charge on any atom is 0.264 e. The summed E-state index contributed by atoms with van der Waals surface area (Å²) in [6.07, 6.45) is 1.93. The molecule has 0 spiro atoms. The molecule has 0 unspecified atom stereocenters. The molecule has 9 heteroatoms. The fraction of sp³-hybridized carbons (Fsp3) is 0.138. The third kappa shape index (κ3) is 7.14. The minimum absolute atomic E-state index is 0.127. The molecule has 0 atom stereocenters. The van der Waals surface area contributed by atoms with Gasteiger partial charge in [-0.15, -0.1) is 23.5 Å². The predicted octanol–water partition coefficient (Wildman–Crippen LogP) is 7.50. The molecule has 0 fully saturated rings. The maximum atomic E-state index is 13.7. The average molecular weight is 583 g/mol. The number of amides is 1. The summed E-state index contributed by atoms with van der Waals surface area (Å²) in [7, 11) is -3.99. The van der Waals surface area contributed by atoms with Gasteiger partial charge >= 0.3 is 0 Å². The molecule has 0 aliphatic carbocycles. The van der Waals surface area contributed by atoms with Gasteiger partial charge in [-0.2, -0.15) is 0 Å². The van der Waals surface area contributed by atoms with E-state index >= 15 is 0 Å². The van der Waals surface area contributed by atoms with E-state index in [0.717, 1.165) is 25.2 Å². The fourth-order valence-corrected chi connectivity index (χ4v) is 6.58.